The molecule has 4 aromatic heterocycles. The normalized spacial score (nSPS) is 16.3. The molecule has 0 bridgehead atoms. The second kappa shape index (κ2) is 9.72. The van der Waals surface area contributed by atoms with Gasteiger partial charge in [0.25, 0.3) is 5.56 Å². The molecular formula is C30H34N8O2. The summed E-state index contributed by atoms with van der Waals surface area (Å²) in [6.07, 6.45) is 6.41. The van der Waals surface area contributed by atoms with Crippen molar-refractivity contribution < 1.29 is 5.11 Å². The predicted molar refractivity (Wildman–Crippen MR) is 157 cm³/mol. The molecule has 40 heavy (non-hydrogen) atoms. The summed E-state index contributed by atoms with van der Waals surface area (Å²) in [6.45, 7) is 9.54. The predicted octanol–water partition coefficient (Wildman–Crippen LogP) is 4.05. The van der Waals surface area contributed by atoms with Gasteiger partial charge in [-0.15, -0.1) is 6.58 Å². The van der Waals surface area contributed by atoms with Gasteiger partial charge in [-0.2, -0.15) is 4.98 Å². The fraction of sp³-hybridized carbons (Fsp3) is 0.333. The largest absolute Gasteiger partial charge is 0.384 e. The van der Waals surface area contributed by atoms with Crippen molar-refractivity contribution in [2.45, 2.75) is 38.3 Å². The van der Waals surface area contributed by atoms with E-state index in [0.29, 0.717) is 34.4 Å². The summed E-state index contributed by atoms with van der Waals surface area (Å²) >= 11 is 0. The second-order valence-corrected chi connectivity index (χ2v) is 11.2. The highest BCUT2D eigenvalue weighted by Crippen LogP contribution is 2.35. The number of pyridine rings is 1. The van der Waals surface area contributed by atoms with Gasteiger partial charge < -0.3 is 19.9 Å². The third kappa shape index (κ3) is 4.48. The standard InChI is InChI=1S/C30H34N8O2/c1-6-12-37-28(39)23-17-31-29(34-27(23)38(37)26-9-7-8-25(33-26)30(2,3)40)32-20-15-22(19-10-13-35(4)18-19)21-11-14-36(5)24(21)16-20/h6-9,11,14-17,19,40H,1,10,12-13,18H2,2-5H3,(H,31,32,34). The number of benzene rings is 1. The number of likely N-dealkylation sites (tertiary alicyclic amines) is 1. The van der Waals surface area contributed by atoms with E-state index in [0.717, 1.165) is 30.7 Å². The summed E-state index contributed by atoms with van der Waals surface area (Å²) in [5, 5.41) is 15.6. The zero-order valence-electron chi connectivity index (χ0n) is 23.3. The van der Waals surface area contributed by atoms with Crippen molar-refractivity contribution in [3.63, 3.8) is 0 Å². The van der Waals surface area contributed by atoms with Gasteiger partial charge in [-0.05, 0) is 75.7 Å². The Bertz CT molecular complexity index is 1810. The summed E-state index contributed by atoms with van der Waals surface area (Å²) in [7, 11) is 4.21. The van der Waals surface area contributed by atoms with Crippen LogP contribution in [0.5, 0.6) is 0 Å². The minimum absolute atomic E-state index is 0.241. The van der Waals surface area contributed by atoms with E-state index >= 15 is 0 Å². The van der Waals surface area contributed by atoms with Gasteiger partial charge >= 0.3 is 0 Å². The van der Waals surface area contributed by atoms with Crippen molar-refractivity contribution in [3.8, 4) is 5.82 Å². The van der Waals surface area contributed by atoms with E-state index < -0.39 is 5.60 Å². The summed E-state index contributed by atoms with van der Waals surface area (Å²) in [6, 6.07) is 11.8. The fourth-order valence-electron chi connectivity index (χ4n) is 5.62. The Morgan fingerprint density at radius 3 is 2.73 bits per heavy atom. The number of fused-ring (bicyclic) bond motifs is 2. The summed E-state index contributed by atoms with van der Waals surface area (Å²) in [5.74, 6) is 1.29. The third-order valence-electron chi connectivity index (χ3n) is 7.68. The fourth-order valence-corrected chi connectivity index (χ4v) is 5.62. The van der Waals surface area contributed by atoms with Crippen LogP contribution in [0.25, 0.3) is 27.8 Å². The molecule has 10 heteroatoms. The zero-order valence-corrected chi connectivity index (χ0v) is 23.3. The van der Waals surface area contributed by atoms with Crippen LogP contribution >= 0.6 is 0 Å². The molecule has 10 nitrogen and oxygen atoms in total. The zero-order chi connectivity index (χ0) is 28.2. The van der Waals surface area contributed by atoms with Gasteiger partial charge in [0.05, 0.1) is 17.8 Å². The number of hydrogen-bond acceptors (Lipinski definition) is 7. The lowest BCUT2D eigenvalue weighted by atomic mass is 9.94. The quantitative estimate of drug-likeness (QED) is 0.301. The van der Waals surface area contributed by atoms with Gasteiger partial charge in [0.15, 0.2) is 11.5 Å². The van der Waals surface area contributed by atoms with Gasteiger partial charge in [0, 0.05) is 37.1 Å². The first kappa shape index (κ1) is 26.0. The van der Waals surface area contributed by atoms with Crippen LogP contribution in [0.2, 0.25) is 0 Å². The maximum absolute atomic E-state index is 13.3. The number of aliphatic hydroxyl groups is 1. The number of hydrogen-bond donors (Lipinski definition) is 2. The summed E-state index contributed by atoms with van der Waals surface area (Å²) < 4.78 is 5.32. The van der Waals surface area contributed by atoms with Crippen LogP contribution in [-0.4, -0.2) is 59.0 Å². The second-order valence-electron chi connectivity index (χ2n) is 11.2. The first-order chi connectivity index (χ1) is 19.1. The molecule has 0 aliphatic carbocycles. The molecule has 0 amide bonds. The number of anilines is 2. The number of rotatable bonds is 7. The van der Waals surface area contributed by atoms with Crippen LogP contribution in [0.3, 0.4) is 0 Å². The highest BCUT2D eigenvalue weighted by Gasteiger charge is 2.25. The van der Waals surface area contributed by atoms with E-state index in [1.165, 1.54) is 15.6 Å². The number of aryl methyl sites for hydroxylation is 1. The van der Waals surface area contributed by atoms with Gasteiger partial charge in [0.1, 0.15) is 11.0 Å². The number of nitrogens with one attached hydrogen (secondary N) is 1. The molecule has 0 radical (unpaired) electrons. The molecule has 206 valence electrons. The van der Waals surface area contributed by atoms with Crippen molar-refractivity contribution in [1.29, 1.82) is 0 Å². The lowest BCUT2D eigenvalue weighted by Crippen LogP contribution is -2.23. The molecule has 1 saturated heterocycles. The van der Waals surface area contributed by atoms with Crippen molar-refractivity contribution in [2.75, 3.05) is 25.5 Å². The molecule has 1 unspecified atom stereocenters. The molecule has 1 aliphatic rings. The van der Waals surface area contributed by atoms with Crippen LogP contribution < -0.4 is 10.9 Å². The molecule has 1 fully saturated rings. The van der Waals surface area contributed by atoms with E-state index in [2.05, 4.69) is 69.8 Å². The average Bonchev–Trinajstić information content (AvgIpc) is 3.60. The lowest BCUT2D eigenvalue weighted by molar-refractivity contribution is 0.0738. The van der Waals surface area contributed by atoms with Crippen molar-refractivity contribution in [2.24, 2.45) is 7.05 Å². The lowest BCUT2D eigenvalue weighted by Gasteiger charge is -2.18. The van der Waals surface area contributed by atoms with Gasteiger partial charge in [-0.3, -0.25) is 4.79 Å². The Morgan fingerprint density at radius 1 is 1.18 bits per heavy atom. The van der Waals surface area contributed by atoms with Crippen LogP contribution in [0.1, 0.15) is 37.4 Å². The topological polar surface area (TPSA) is 106 Å². The molecule has 1 aromatic carbocycles. The molecule has 0 spiro atoms. The molecule has 0 saturated carbocycles. The number of aromatic nitrogens is 6. The highest BCUT2D eigenvalue weighted by atomic mass is 16.3. The Morgan fingerprint density at radius 2 is 2.00 bits per heavy atom. The van der Waals surface area contributed by atoms with Crippen LogP contribution in [0.15, 0.2) is 66.2 Å². The molecular weight excluding hydrogens is 504 g/mol. The molecule has 1 aliphatic heterocycles. The van der Waals surface area contributed by atoms with Gasteiger partial charge in [0.2, 0.25) is 5.95 Å². The van der Waals surface area contributed by atoms with Crippen LogP contribution in [0.4, 0.5) is 11.6 Å². The first-order valence-electron chi connectivity index (χ1n) is 13.5. The van der Waals surface area contributed by atoms with Crippen molar-refractivity contribution in [1.82, 2.24) is 33.8 Å². The minimum atomic E-state index is -1.15. The van der Waals surface area contributed by atoms with Crippen LogP contribution in [0, 0.1) is 0 Å². The maximum Gasteiger partial charge on any atom is 0.278 e. The number of allylic oxidation sites excluding steroid dienone is 1. The first-order valence-corrected chi connectivity index (χ1v) is 13.5. The minimum Gasteiger partial charge on any atom is -0.384 e. The Hall–Kier alpha value is -4.28. The summed E-state index contributed by atoms with van der Waals surface area (Å²) in [4.78, 5) is 29.7. The maximum atomic E-state index is 13.3. The summed E-state index contributed by atoms with van der Waals surface area (Å²) in [5.41, 5.74) is 2.85. The Kier molecular flexibility index (Phi) is 6.31. The van der Waals surface area contributed by atoms with E-state index in [4.69, 9.17) is 4.98 Å². The van der Waals surface area contributed by atoms with Gasteiger partial charge in [-0.25, -0.2) is 19.3 Å². The van der Waals surface area contributed by atoms with E-state index in [1.807, 2.05) is 6.07 Å². The van der Waals surface area contributed by atoms with E-state index in [1.54, 1.807) is 42.9 Å². The number of nitrogens with zero attached hydrogens (tertiary/aromatic N) is 7. The van der Waals surface area contributed by atoms with Crippen LogP contribution in [-0.2, 0) is 19.2 Å². The Labute approximate surface area is 232 Å². The number of likely N-dealkylation sites (N-methyl/N-ethyl adjacent to an activating group) is 1. The molecule has 5 heterocycles. The monoisotopic (exact) mass is 538 g/mol. The smallest absolute Gasteiger partial charge is 0.278 e. The molecule has 2 N–H and O–H groups in total. The SMILES string of the molecule is C=CCn1c(=O)c2cnc(Nc3cc(C4CCN(C)C4)c4ccn(C)c4c3)nc2n1-c1cccc(C(C)(C)O)n1. The molecule has 6 rings (SSSR count). The molecule has 1 atom stereocenters. The van der Waals surface area contributed by atoms with Gasteiger partial charge in [-0.1, -0.05) is 12.1 Å². The van der Waals surface area contributed by atoms with E-state index in [-0.39, 0.29) is 12.1 Å². The Balaban J connectivity index is 1.47. The third-order valence-corrected chi connectivity index (χ3v) is 7.68. The van der Waals surface area contributed by atoms with Crippen molar-refractivity contribution >= 4 is 33.6 Å². The van der Waals surface area contributed by atoms with E-state index in [9.17, 15) is 9.90 Å². The van der Waals surface area contributed by atoms with Crippen molar-refractivity contribution in [3.05, 3.63) is 83.1 Å². The molecule has 5 aromatic rings. The average molecular weight is 539 g/mol. The highest BCUT2D eigenvalue weighted by molar-refractivity contribution is 5.88.